The number of phenolic OH excluding ortho intramolecular Hbond substituents is 1. The fourth-order valence-corrected chi connectivity index (χ4v) is 2.90. The topological polar surface area (TPSA) is 85.3 Å². The van der Waals surface area contributed by atoms with Gasteiger partial charge in [0.1, 0.15) is 11.3 Å². The highest BCUT2D eigenvalue weighted by molar-refractivity contribution is 6.35. The number of primary amides is 1. The minimum Gasteiger partial charge on any atom is -0.507 e. The van der Waals surface area contributed by atoms with Gasteiger partial charge < -0.3 is 15.4 Å². The lowest BCUT2D eigenvalue weighted by atomic mass is 10.1. The Bertz CT molecular complexity index is 1110. The largest absolute Gasteiger partial charge is 0.507 e. The number of carbonyl (C=O) groups excluding carboxylic acids is 1. The molecule has 0 bridgehead atoms. The van der Waals surface area contributed by atoms with Crippen LogP contribution >= 0.6 is 11.6 Å². The molecule has 5 nitrogen and oxygen atoms in total. The molecule has 2 aromatic carbocycles. The molecule has 0 fully saturated rings. The highest BCUT2D eigenvalue weighted by Crippen LogP contribution is 2.37. The van der Waals surface area contributed by atoms with Crippen LogP contribution in [0.4, 0.5) is 13.2 Å². The van der Waals surface area contributed by atoms with Crippen molar-refractivity contribution < 1.29 is 23.1 Å². The number of amides is 1. The van der Waals surface area contributed by atoms with Crippen molar-refractivity contribution in [2.75, 3.05) is 0 Å². The Morgan fingerprint density at radius 1 is 1.19 bits per heavy atom. The summed E-state index contributed by atoms with van der Waals surface area (Å²) in [5, 5.41) is 9.94. The molecule has 1 aromatic heterocycles. The fourth-order valence-electron chi connectivity index (χ4n) is 2.63. The average Bonchev–Trinajstić information content (AvgIpc) is 2.54. The number of carbonyl (C=O) groups is 1. The van der Waals surface area contributed by atoms with Crippen molar-refractivity contribution in [3.05, 3.63) is 69.0 Å². The number of alkyl halides is 3. The number of hydrogen-bond acceptors (Lipinski definition) is 3. The van der Waals surface area contributed by atoms with E-state index in [2.05, 4.69) is 0 Å². The summed E-state index contributed by atoms with van der Waals surface area (Å²) in [6.07, 6.45) is -3.65. The zero-order chi connectivity index (χ0) is 19.2. The van der Waals surface area contributed by atoms with E-state index in [1.165, 1.54) is 22.8 Å². The molecule has 0 spiro atoms. The molecular weight excluding hydrogens is 373 g/mol. The zero-order valence-corrected chi connectivity index (χ0v) is 13.6. The van der Waals surface area contributed by atoms with Gasteiger partial charge in [-0.2, -0.15) is 13.2 Å². The van der Waals surface area contributed by atoms with E-state index in [-0.39, 0.29) is 27.2 Å². The summed E-state index contributed by atoms with van der Waals surface area (Å²) in [6, 6.07) is 7.02. The van der Waals surface area contributed by atoms with Crippen LogP contribution < -0.4 is 11.2 Å². The lowest BCUT2D eigenvalue weighted by Crippen LogP contribution is -2.24. The Kier molecular flexibility index (Phi) is 4.15. The average molecular weight is 383 g/mol. The van der Waals surface area contributed by atoms with Gasteiger partial charge in [0.05, 0.1) is 16.1 Å². The molecular formula is C17H10ClF3N2O3. The predicted molar refractivity (Wildman–Crippen MR) is 89.7 cm³/mol. The van der Waals surface area contributed by atoms with Crippen LogP contribution in [0.25, 0.3) is 16.6 Å². The first kappa shape index (κ1) is 17.8. The van der Waals surface area contributed by atoms with E-state index in [1.54, 1.807) is 0 Å². The summed E-state index contributed by atoms with van der Waals surface area (Å²) in [5.41, 5.74) is 3.23. The van der Waals surface area contributed by atoms with Gasteiger partial charge in [-0.1, -0.05) is 17.7 Å². The molecule has 0 aliphatic carbocycles. The first-order valence-corrected chi connectivity index (χ1v) is 7.53. The molecule has 0 unspecified atom stereocenters. The molecule has 3 rings (SSSR count). The van der Waals surface area contributed by atoms with Crippen LogP contribution in [0.2, 0.25) is 5.02 Å². The molecule has 26 heavy (non-hydrogen) atoms. The predicted octanol–water partition coefficient (Wildman–Crippen LogP) is 3.47. The van der Waals surface area contributed by atoms with Crippen molar-refractivity contribution in [3.8, 4) is 11.4 Å². The number of aromatic hydroxyl groups is 1. The highest BCUT2D eigenvalue weighted by atomic mass is 35.5. The fraction of sp³-hybridized carbons (Fsp3) is 0.0588. The van der Waals surface area contributed by atoms with E-state index in [1.807, 2.05) is 0 Å². The number of phenols is 1. The van der Waals surface area contributed by atoms with Crippen LogP contribution in [0.15, 0.2) is 47.4 Å². The van der Waals surface area contributed by atoms with Crippen molar-refractivity contribution in [3.63, 3.8) is 0 Å². The molecule has 3 N–H and O–H groups in total. The number of aromatic nitrogens is 1. The lowest BCUT2D eigenvalue weighted by Gasteiger charge is -2.16. The van der Waals surface area contributed by atoms with Crippen LogP contribution in [-0.4, -0.2) is 15.6 Å². The summed E-state index contributed by atoms with van der Waals surface area (Å²) in [4.78, 5) is 24.0. The summed E-state index contributed by atoms with van der Waals surface area (Å²) < 4.78 is 39.7. The standard InChI is InChI=1S/C17H10ClF3N2O3/c18-12-3-1-2-9-14(12)23(7-10(15(9)25)16(22)26)8-4-5-11(13(24)6-8)17(19,20)21/h1-7,24H,(H2,22,26). The van der Waals surface area contributed by atoms with Gasteiger partial charge in [0.25, 0.3) is 5.91 Å². The quantitative estimate of drug-likeness (QED) is 0.711. The monoisotopic (exact) mass is 382 g/mol. The maximum atomic E-state index is 12.8. The maximum absolute atomic E-state index is 12.8. The van der Waals surface area contributed by atoms with Crippen molar-refractivity contribution in [2.45, 2.75) is 6.18 Å². The van der Waals surface area contributed by atoms with Crippen LogP contribution in [0, 0.1) is 0 Å². The molecule has 0 atom stereocenters. The van der Waals surface area contributed by atoms with Crippen LogP contribution in [0.5, 0.6) is 5.75 Å². The molecule has 0 aliphatic rings. The maximum Gasteiger partial charge on any atom is 0.419 e. The van der Waals surface area contributed by atoms with Crippen LogP contribution in [0.1, 0.15) is 15.9 Å². The number of halogens is 4. The van der Waals surface area contributed by atoms with Crippen molar-refractivity contribution in [1.82, 2.24) is 4.57 Å². The van der Waals surface area contributed by atoms with Gasteiger partial charge in [0.15, 0.2) is 0 Å². The molecule has 9 heteroatoms. The second-order valence-corrected chi connectivity index (χ2v) is 5.85. The molecule has 1 heterocycles. The highest BCUT2D eigenvalue weighted by Gasteiger charge is 2.34. The second kappa shape index (κ2) is 6.06. The molecule has 0 saturated heterocycles. The Labute approximate surface area is 149 Å². The van der Waals surface area contributed by atoms with Gasteiger partial charge in [-0.05, 0) is 24.3 Å². The van der Waals surface area contributed by atoms with Crippen LogP contribution in [-0.2, 0) is 6.18 Å². The van der Waals surface area contributed by atoms with Gasteiger partial charge in [-0.15, -0.1) is 0 Å². The van der Waals surface area contributed by atoms with E-state index in [0.29, 0.717) is 6.07 Å². The number of rotatable bonds is 2. The Balaban J connectivity index is 2.38. The third-order valence-corrected chi connectivity index (χ3v) is 4.11. The smallest absolute Gasteiger partial charge is 0.419 e. The third-order valence-electron chi connectivity index (χ3n) is 3.81. The second-order valence-electron chi connectivity index (χ2n) is 5.44. The van der Waals surface area contributed by atoms with Gasteiger partial charge in [0, 0.05) is 23.3 Å². The van der Waals surface area contributed by atoms with E-state index in [4.69, 9.17) is 17.3 Å². The number of hydrogen-bond donors (Lipinski definition) is 2. The number of fused-ring (bicyclic) bond motifs is 1. The molecule has 0 radical (unpaired) electrons. The van der Waals surface area contributed by atoms with Crippen LogP contribution in [0.3, 0.4) is 0 Å². The summed E-state index contributed by atoms with van der Waals surface area (Å²) in [5.74, 6) is -2.00. The molecule has 0 aliphatic heterocycles. The summed E-state index contributed by atoms with van der Waals surface area (Å²) in [7, 11) is 0. The van der Waals surface area contributed by atoms with Gasteiger partial charge in [-0.3, -0.25) is 9.59 Å². The number of pyridine rings is 1. The minimum absolute atomic E-state index is 0.0631. The Morgan fingerprint density at radius 3 is 2.46 bits per heavy atom. The normalized spacial score (nSPS) is 11.7. The van der Waals surface area contributed by atoms with E-state index in [0.717, 1.165) is 18.3 Å². The Morgan fingerprint density at radius 2 is 1.88 bits per heavy atom. The number of para-hydroxylation sites is 1. The number of nitrogens with zero attached hydrogens (tertiary/aromatic N) is 1. The summed E-state index contributed by atoms with van der Waals surface area (Å²) in [6.45, 7) is 0. The van der Waals surface area contributed by atoms with Crippen molar-refractivity contribution >= 4 is 28.4 Å². The minimum atomic E-state index is -4.73. The summed E-state index contributed by atoms with van der Waals surface area (Å²) >= 11 is 6.14. The first-order valence-electron chi connectivity index (χ1n) is 7.15. The van der Waals surface area contributed by atoms with E-state index in [9.17, 15) is 27.9 Å². The lowest BCUT2D eigenvalue weighted by molar-refractivity contribution is -0.138. The SMILES string of the molecule is NC(=O)c1cn(-c2ccc(C(F)(F)F)c(O)c2)c2c(Cl)cccc2c1=O. The first-order chi connectivity index (χ1) is 12.1. The van der Waals surface area contributed by atoms with Crippen molar-refractivity contribution in [1.29, 1.82) is 0 Å². The molecule has 3 aromatic rings. The third kappa shape index (κ3) is 2.88. The molecule has 0 saturated carbocycles. The number of nitrogens with two attached hydrogens (primary N) is 1. The molecule has 134 valence electrons. The number of benzene rings is 2. The zero-order valence-electron chi connectivity index (χ0n) is 12.8. The van der Waals surface area contributed by atoms with E-state index >= 15 is 0 Å². The van der Waals surface area contributed by atoms with E-state index < -0.39 is 28.8 Å². The van der Waals surface area contributed by atoms with Gasteiger partial charge in [-0.25, -0.2) is 0 Å². The van der Waals surface area contributed by atoms with Gasteiger partial charge in [0.2, 0.25) is 5.43 Å². The molecule has 1 amide bonds. The van der Waals surface area contributed by atoms with Crippen molar-refractivity contribution in [2.24, 2.45) is 5.73 Å². The van der Waals surface area contributed by atoms with Gasteiger partial charge >= 0.3 is 6.18 Å². The Hall–Kier alpha value is -3.00.